The third-order valence-electron chi connectivity index (χ3n) is 6.86. The highest BCUT2D eigenvalue weighted by atomic mass is 28.4. The molecular formula is C23H33N3O3Si. The maximum Gasteiger partial charge on any atom is 0.272 e. The van der Waals surface area contributed by atoms with Gasteiger partial charge in [0.15, 0.2) is 8.32 Å². The van der Waals surface area contributed by atoms with Crippen LogP contribution in [0.25, 0.3) is 0 Å². The van der Waals surface area contributed by atoms with Crippen molar-refractivity contribution in [1.29, 1.82) is 0 Å². The van der Waals surface area contributed by atoms with Crippen LogP contribution in [0.5, 0.6) is 5.75 Å². The first-order valence-electron chi connectivity index (χ1n) is 10.7. The lowest BCUT2D eigenvalue weighted by Gasteiger charge is -2.43. The van der Waals surface area contributed by atoms with Crippen LogP contribution in [-0.2, 0) is 16.6 Å². The molecule has 3 heterocycles. The van der Waals surface area contributed by atoms with E-state index in [1.54, 1.807) is 0 Å². The molecule has 1 saturated heterocycles. The summed E-state index contributed by atoms with van der Waals surface area (Å²) in [5.41, 5.74) is 1.35. The molecule has 0 bridgehead atoms. The van der Waals surface area contributed by atoms with Crippen molar-refractivity contribution in [3.8, 4) is 5.75 Å². The van der Waals surface area contributed by atoms with Crippen LogP contribution in [0.1, 0.15) is 36.8 Å². The van der Waals surface area contributed by atoms with Gasteiger partial charge in [-0.15, -0.1) is 0 Å². The van der Waals surface area contributed by atoms with Crippen molar-refractivity contribution in [3.05, 3.63) is 53.9 Å². The predicted molar refractivity (Wildman–Crippen MR) is 120 cm³/mol. The molecular weight excluding hydrogens is 394 g/mol. The summed E-state index contributed by atoms with van der Waals surface area (Å²) >= 11 is 0. The number of benzene rings is 1. The highest BCUT2D eigenvalue weighted by Crippen LogP contribution is 2.38. The van der Waals surface area contributed by atoms with E-state index in [0.717, 1.165) is 23.6 Å². The van der Waals surface area contributed by atoms with Gasteiger partial charge < -0.3 is 18.6 Å². The number of hydrogen-bond acceptors (Lipinski definition) is 4. The molecule has 0 saturated carbocycles. The van der Waals surface area contributed by atoms with Crippen molar-refractivity contribution < 1.29 is 14.0 Å². The van der Waals surface area contributed by atoms with E-state index in [0.29, 0.717) is 26.3 Å². The maximum absolute atomic E-state index is 13.0. The Kier molecular flexibility index (Phi) is 5.32. The monoisotopic (exact) mass is 427 g/mol. The minimum atomic E-state index is -1.75. The van der Waals surface area contributed by atoms with Crippen molar-refractivity contribution in [2.75, 3.05) is 26.3 Å². The van der Waals surface area contributed by atoms with Gasteiger partial charge in [0.05, 0.1) is 13.2 Å². The molecule has 1 unspecified atom stereocenters. The third-order valence-corrected chi connectivity index (χ3v) is 11.4. The fraction of sp³-hybridized carbons (Fsp3) is 0.522. The first kappa shape index (κ1) is 21.2. The summed E-state index contributed by atoms with van der Waals surface area (Å²) in [6.45, 7) is 14.6. The number of ether oxygens (including phenoxy) is 1. The smallest absolute Gasteiger partial charge is 0.272 e. The molecule has 7 heteroatoms. The SMILES string of the molecule is CC(C)(C)[Si](C)(C)OCCOc1ccc(C23Cn4cccc4C(=O)N2CCN3)cc1. The Hall–Kier alpha value is -2.09. The average Bonchev–Trinajstić information content (AvgIpc) is 3.33. The average molecular weight is 428 g/mol. The predicted octanol–water partition coefficient (Wildman–Crippen LogP) is 3.80. The van der Waals surface area contributed by atoms with Crippen molar-refractivity contribution in [2.45, 2.75) is 51.1 Å². The molecule has 4 rings (SSSR count). The number of carbonyl (C=O) groups excluding carboxylic acids is 1. The Morgan fingerprint density at radius 3 is 2.57 bits per heavy atom. The lowest BCUT2D eigenvalue weighted by Crippen LogP contribution is -2.57. The van der Waals surface area contributed by atoms with Crippen molar-refractivity contribution in [3.63, 3.8) is 0 Å². The fourth-order valence-electron chi connectivity index (χ4n) is 4.06. The van der Waals surface area contributed by atoms with Gasteiger partial charge >= 0.3 is 0 Å². The molecule has 1 aromatic heterocycles. The van der Waals surface area contributed by atoms with E-state index in [9.17, 15) is 4.79 Å². The van der Waals surface area contributed by atoms with E-state index in [1.165, 1.54) is 0 Å². The number of nitrogens with one attached hydrogen (secondary N) is 1. The first-order valence-corrected chi connectivity index (χ1v) is 13.6. The molecule has 2 aliphatic heterocycles. The zero-order chi connectivity index (χ0) is 21.6. The lowest BCUT2D eigenvalue weighted by atomic mass is 9.96. The van der Waals surface area contributed by atoms with Crippen LogP contribution in [0.4, 0.5) is 0 Å². The topological polar surface area (TPSA) is 55.7 Å². The van der Waals surface area contributed by atoms with Gasteiger partial charge in [-0.3, -0.25) is 10.1 Å². The normalized spacial score (nSPS) is 21.5. The second kappa shape index (κ2) is 7.55. The van der Waals surface area contributed by atoms with Gasteiger partial charge in [-0.05, 0) is 48.0 Å². The molecule has 6 nitrogen and oxygen atoms in total. The molecule has 2 aliphatic rings. The molecule has 162 valence electrons. The van der Waals surface area contributed by atoms with Gasteiger partial charge in [-0.1, -0.05) is 32.9 Å². The summed E-state index contributed by atoms with van der Waals surface area (Å²) in [6.07, 6.45) is 1.98. The van der Waals surface area contributed by atoms with Gasteiger partial charge in [0, 0.05) is 19.3 Å². The Morgan fingerprint density at radius 2 is 1.87 bits per heavy atom. The van der Waals surface area contributed by atoms with Crippen LogP contribution in [0, 0.1) is 0 Å². The second-order valence-electron chi connectivity index (χ2n) is 9.75. The van der Waals surface area contributed by atoms with Crippen molar-refractivity contribution in [1.82, 2.24) is 14.8 Å². The van der Waals surface area contributed by atoms with Crippen LogP contribution in [-0.4, -0.2) is 50.0 Å². The van der Waals surface area contributed by atoms with E-state index >= 15 is 0 Å². The summed E-state index contributed by atoms with van der Waals surface area (Å²) in [5, 5.41) is 3.78. The maximum atomic E-state index is 13.0. The lowest BCUT2D eigenvalue weighted by molar-refractivity contribution is 0.0398. The van der Waals surface area contributed by atoms with Crippen LogP contribution in [0.15, 0.2) is 42.6 Å². The Balaban J connectivity index is 1.42. The molecule has 30 heavy (non-hydrogen) atoms. The molecule has 1 aromatic carbocycles. The Bertz CT molecular complexity index is 917. The van der Waals surface area contributed by atoms with E-state index in [-0.39, 0.29) is 10.9 Å². The largest absolute Gasteiger partial charge is 0.491 e. The molecule has 0 radical (unpaired) electrons. The number of nitrogens with zero attached hydrogens (tertiary/aromatic N) is 2. The minimum Gasteiger partial charge on any atom is -0.491 e. The van der Waals surface area contributed by atoms with E-state index in [1.807, 2.05) is 39.9 Å². The van der Waals surface area contributed by atoms with Gasteiger partial charge in [0.25, 0.3) is 5.91 Å². The van der Waals surface area contributed by atoms with E-state index < -0.39 is 14.0 Å². The Labute approximate surface area is 180 Å². The van der Waals surface area contributed by atoms with Crippen molar-refractivity contribution in [2.24, 2.45) is 0 Å². The van der Waals surface area contributed by atoms with Crippen LogP contribution < -0.4 is 10.1 Å². The van der Waals surface area contributed by atoms with Crippen LogP contribution in [0.2, 0.25) is 18.1 Å². The number of aromatic nitrogens is 1. The number of hydrogen-bond donors (Lipinski definition) is 1. The summed E-state index contributed by atoms with van der Waals surface area (Å²) in [6, 6.07) is 11.9. The highest BCUT2D eigenvalue weighted by Gasteiger charge is 2.49. The summed E-state index contributed by atoms with van der Waals surface area (Å²) in [5.74, 6) is 0.904. The quantitative estimate of drug-likeness (QED) is 0.563. The highest BCUT2D eigenvalue weighted by molar-refractivity contribution is 6.74. The van der Waals surface area contributed by atoms with E-state index in [4.69, 9.17) is 9.16 Å². The van der Waals surface area contributed by atoms with Crippen molar-refractivity contribution >= 4 is 14.2 Å². The fourth-order valence-corrected chi connectivity index (χ4v) is 5.08. The van der Waals surface area contributed by atoms with E-state index in [2.05, 4.69) is 51.3 Å². The van der Waals surface area contributed by atoms with Gasteiger partial charge in [-0.25, -0.2) is 0 Å². The van der Waals surface area contributed by atoms with Gasteiger partial charge in [0.1, 0.15) is 23.7 Å². The zero-order valence-electron chi connectivity index (χ0n) is 18.7. The van der Waals surface area contributed by atoms with Gasteiger partial charge in [0.2, 0.25) is 0 Å². The zero-order valence-corrected chi connectivity index (χ0v) is 19.7. The summed E-state index contributed by atoms with van der Waals surface area (Å²) in [4.78, 5) is 14.9. The minimum absolute atomic E-state index is 0.0827. The number of amides is 1. The molecule has 2 aromatic rings. The summed E-state index contributed by atoms with van der Waals surface area (Å²) < 4.78 is 14.1. The van der Waals surface area contributed by atoms with Crippen LogP contribution >= 0.6 is 0 Å². The Morgan fingerprint density at radius 1 is 1.13 bits per heavy atom. The molecule has 0 aliphatic carbocycles. The third kappa shape index (κ3) is 3.59. The first-order chi connectivity index (χ1) is 14.1. The number of fused-ring (bicyclic) bond motifs is 2. The standard InChI is InChI=1S/C23H33N3O3Si/c1-22(2,3)30(4,5)29-16-15-28-19-10-8-18(9-11-19)23-17-25-13-6-7-20(25)21(27)26(23)14-12-24-23/h6-11,13,24H,12,14-17H2,1-5H3. The number of carbonyl (C=O) groups is 1. The molecule has 1 amide bonds. The second-order valence-corrected chi connectivity index (χ2v) is 14.6. The van der Waals surface area contributed by atoms with Gasteiger partial charge in [-0.2, -0.15) is 0 Å². The summed E-state index contributed by atoms with van der Waals surface area (Å²) in [7, 11) is -1.75. The molecule has 1 N–H and O–H groups in total. The van der Waals surface area contributed by atoms with Crippen LogP contribution in [0.3, 0.4) is 0 Å². The number of rotatable bonds is 6. The molecule has 0 spiro atoms. The molecule has 1 fully saturated rings. The molecule has 1 atom stereocenters.